The Hall–Kier alpha value is -0.880. The molecule has 19 heavy (non-hydrogen) atoms. The highest BCUT2D eigenvalue weighted by Gasteiger charge is 2.34. The molecule has 2 rings (SSSR count). The molecule has 1 aliphatic rings. The Morgan fingerprint density at radius 1 is 1.42 bits per heavy atom. The van der Waals surface area contributed by atoms with Gasteiger partial charge in [0.2, 0.25) is 0 Å². The minimum Gasteiger partial charge on any atom is -0.399 e. The van der Waals surface area contributed by atoms with Crippen LogP contribution in [0.3, 0.4) is 0 Å². The molecule has 1 atom stereocenters. The third kappa shape index (κ3) is 3.57. The molecule has 1 heterocycles. The fraction of sp³-hybridized carbons (Fsp3) is 0.538. The molecule has 0 radical (unpaired) electrons. The average molecular weight is 290 g/mol. The lowest BCUT2D eigenvalue weighted by molar-refractivity contribution is -0.138. The maximum absolute atomic E-state index is 13.0. The molecule has 0 saturated carbocycles. The second-order valence-electron chi connectivity index (χ2n) is 4.85. The van der Waals surface area contributed by atoms with Crippen LogP contribution < -0.4 is 5.73 Å². The molecule has 1 saturated heterocycles. The molecule has 2 N–H and O–H groups in total. The fourth-order valence-electron chi connectivity index (χ4n) is 2.26. The van der Waals surface area contributed by atoms with Gasteiger partial charge >= 0.3 is 6.18 Å². The van der Waals surface area contributed by atoms with Crippen molar-refractivity contribution in [2.45, 2.75) is 25.2 Å². The van der Waals surface area contributed by atoms with Crippen molar-refractivity contribution in [3.8, 4) is 0 Å². The monoisotopic (exact) mass is 290 g/mol. The van der Waals surface area contributed by atoms with Crippen LogP contribution in [0.1, 0.15) is 17.5 Å². The number of nitrogens with two attached hydrogens (primary N) is 1. The number of hydrogen-bond donors (Lipinski definition) is 1. The average Bonchev–Trinajstić information content (AvgIpc) is 2.83. The number of benzene rings is 1. The number of halogens is 3. The molecule has 1 aromatic rings. The van der Waals surface area contributed by atoms with Crippen LogP contribution in [-0.4, -0.2) is 29.5 Å². The number of thioether (sulfide) groups is 1. The minimum absolute atomic E-state index is 0.148. The Bertz CT molecular complexity index is 442. The van der Waals surface area contributed by atoms with E-state index in [2.05, 4.69) is 0 Å². The van der Waals surface area contributed by atoms with Gasteiger partial charge in [0, 0.05) is 24.0 Å². The van der Waals surface area contributed by atoms with Crippen molar-refractivity contribution < 1.29 is 13.2 Å². The molecule has 0 spiro atoms. The molecule has 1 fully saturated rings. The summed E-state index contributed by atoms with van der Waals surface area (Å²) in [6.45, 7) is 0.306. The number of hydrogen-bond acceptors (Lipinski definition) is 3. The first kappa shape index (κ1) is 14.5. The number of alkyl halides is 3. The first-order chi connectivity index (χ1) is 8.88. The third-order valence-electron chi connectivity index (χ3n) is 3.39. The van der Waals surface area contributed by atoms with Crippen molar-refractivity contribution >= 4 is 17.4 Å². The quantitative estimate of drug-likeness (QED) is 0.867. The lowest BCUT2D eigenvalue weighted by atomic mass is 10.0. The second kappa shape index (κ2) is 5.63. The van der Waals surface area contributed by atoms with Crippen LogP contribution in [0, 0.1) is 0 Å². The Balaban J connectivity index is 2.19. The maximum atomic E-state index is 13.0. The van der Waals surface area contributed by atoms with E-state index in [-0.39, 0.29) is 5.69 Å². The van der Waals surface area contributed by atoms with E-state index >= 15 is 0 Å². The molecular formula is C13H17F3N2S. The lowest BCUT2D eigenvalue weighted by Crippen LogP contribution is -2.31. The number of rotatable bonds is 3. The van der Waals surface area contributed by atoms with Crippen LogP contribution in [0.4, 0.5) is 18.9 Å². The van der Waals surface area contributed by atoms with Gasteiger partial charge in [0.25, 0.3) is 0 Å². The number of nitrogens with zero attached hydrogens (tertiary/aromatic N) is 1. The van der Waals surface area contributed by atoms with Gasteiger partial charge in [-0.15, -0.1) is 0 Å². The fourth-order valence-corrected chi connectivity index (χ4v) is 3.56. The molecule has 6 heteroatoms. The van der Waals surface area contributed by atoms with Gasteiger partial charge in [-0.05, 0) is 36.9 Å². The van der Waals surface area contributed by atoms with Gasteiger partial charge < -0.3 is 5.73 Å². The SMILES string of the molecule is CN(Cc1ccc(N)cc1C(F)(F)F)C1CCSC1. The predicted octanol–water partition coefficient (Wildman–Crippen LogP) is 3.22. The second-order valence-corrected chi connectivity index (χ2v) is 6.00. The van der Waals surface area contributed by atoms with Crippen molar-refractivity contribution in [2.24, 2.45) is 0 Å². The van der Waals surface area contributed by atoms with E-state index < -0.39 is 11.7 Å². The van der Waals surface area contributed by atoms with Gasteiger partial charge in [-0.25, -0.2) is 0 Å². The van der Waals surface area contributed by atoms with Gasteiger partial charge in [0.1, 0.15) is 0 Å². The van der Waals surface area contributed by atoms with Gasteiger partial charge in [0.15, 0.2) is 0 Å². The van der Waals surface area contributed by atoms with Crippen LogP contribution in [0.15, 0.2) is 18.2 Å². The number of anilines is 1. The Morgan fingerprint density at radius 3 is 2.74 bits per heavy atom. The standard InChI is InChI=1S/C13H17F3N2S/c1-18(11-4-5-19-8-11)7-9-2-3-10(17)6-12(9)13(14,15)16/h2-3,6,11H,4-5,7-8,17H2,1H3. The van der Waals surface area contributed by atoms with Gasteiger partial charge in [-0.3, -0.25) is 4.90 Å². The zero-order chi connectivity index (χ0) is 14.0. The molecular weight excluding hydrogens is 273 g/mol. The molecule has 0 amide bonds. The van der Waals surface area contributed by atoms with Crippen molar-refractivity contribution in [1.29, 1.82) is 0 Å². The Labute approximate surface area is 115 Å². The first-order valence-corrected chi connectivity index (χ1v) is 7.27. The van der Waals surface area contributed by atoms with E-state index in [1.54, 1.807) is 0 Å². The van der Waals surface area contributed by atoms with E-state index in [9.17, 15) is 13.2 Å². The summed E-state index contributed by atoms with van der Waals surface area (Å²) < 4.78 is 38.9. The van der Waals surface area contributed by atoms with Gasteiger partial charge in [0.05, 0.1) is 5.56 Å². The molecule has 0 aliphatic carbocycles. The van der Waals surface area contributed by atoms with Crippen LogP contribution in [0.25, 0.3) is 0 Å². The lowest BCUT2D eigenvalue weighted by Gasteiger charge is -2.25. The predicted molar refractivity (Wildman–Crippen MR) is 73.1 cm³/mol. The largest absolute Gasteiger partial charge is 0.416 e. The summed E-state index contributed by atoms with van der Waals surface area (Å²) in [5, 5.41) is 0. The first-order valence-electron chi connectivity index (χ1n) is 6.11. The highest BCUT2D eigenvalue weighted by Crippen LogP contribution is 2.34. The van der Waals surface area contributed by atoms with E-state index in [1.165, 1.54) is 12.1 Å². The Kier molecular flexibility index (Phi) is 4.30. The molecule has 1 unspecified atom stereocenters. The minimum atomic E-state index is -4.35. The van der Waals surface area contributed by atoms with E-state index in [4.69, 9.17) is 5.73 Å². The summed E-state index contributed by atoms with van der Waals surface area (Å²) in [5.74, 6) is 2.08. The molecule has 0 bridgehead atoms. The topological polar surface area (TPSA) is 29.3 Å². The zero-order valence-electron chi connectivity index (χ0n) is 10.7. The third-order valence-corrected chi connectivity index (χ3v) is 4.53. The van der Waals surface area contributed by atoms with Gasteiger partial charge in [-0.2, -0.15) is 24.9 Å². The smallest absolute Gasteiger partial charge is 0.399 e. The molecule has 0 aromatic heterocycles. The van der Waals surface area contributed by atoms with Crippen molar-refractivity contribution in [3.05, 3.63) is 29.3 Å². The molecule has 1 aromatic carbocycles. The highest BCUT2D eigenvalue weighted by atomic mass is 32.2. The van der Waals surface area contributed by atoms with E-state index in [0.29, 0.717) is 18.2 Å². The van der Waals surface area contributed by atoms with Crippen molar-refractivity contribution in [2.75, 3.05) is 24.3 Å². The van der Waals surface area contributed by atoms with Crippen LogP contribution >= 0.6 is 11.8 Å². The van der Waals surface area contributed by atoms with Crippen LogP contribution in [0.5, 0.6) is 0 Å². The van der Waals surface area contributed by atoms with E-state index in [0.717, 1.165) is 24.0 Å². The summed E-state index contributed by atoms with van der Waals surface area (Å²) in [6.07, 6.45) is -3.31. The maximum Gasteiger partial charge on any atom is 0.416 e. The summed E-state index contributed by atoms with van der Waals surface area (Å²) in [7, 11) is 1.88. The highest BCUT2D eigenvalue weighted by molar-refractivity contribution is 7.99. The van der Waals surface area contributed by atoms with Crippen molar-refractivity contribution in [3.63, 3.8) is 0 Å². The summed E-state index contributed by atoms with van der Waals surface area (Å²) >= 11 is 1.85. The Morgan fingerprint density at radius 2 is 2.16 bits per heavy atom. The number of nitrogen functional groups attached to an aromatic ring is 1. The summed E-state index contributed by atoms with van der Waals surface area (Å²) in [4.78, 5) is 2.00. The summed E-state index contributed by atoms with van der Waals surface area (Å²) in [5.41, 5.74) is 5.28. The normalized spacial score (nSPS) is 20.2. The molecule has 1 aliphatic heterocycles. The van der Waals surface area contributed by atoms with Crippen LogP contribution in [0.2, 0.25) is 0 Å². The van der Waals surface area contributed by atoms with E-state index in [1.807, 2.05) is 23.7 Å². The van der Waals surface area contributed by atoms with Gasteiger partial charge in [-0.1, -0.05) is 6.07 Å². The summed E-state index contributed by atoms with van der Waals surface area (Å²) in [6, 6.07) is 4.40. The molecule has 106 valence electrons. The van der Waals surface area contributed by atoms with Crippen LogP contribution in [-0.2, 0) is 12.7 Å². The van der Waals surface area contributed by atoms with Crippen molar-refractivity contribution in [1.82, 2.24) is 4.90 Å². The zero-order valence-corrected chi connectivity index (χ0v) is 11.5. The molecule has 2 nitrogen and oxygen atoms in total.